The Morgan fingerprint density at radius 3 is 2.78 bits per heavy atom. The first-order valence-electron chi connectivity index (χ1n) is 6.86. The van der Waals surface area contributed by atoms with Gasteiger partial charge in [-0.25, -0.2) is 4.79 Å². The number of hydrogen-bond acceptors (Lipinski definition) is 3. The molecule has 0 aromatic carbocycles. The molecule has 18 heavy (non-hydrogen) atoms. The summed E-state index contributed by atoms with van der Waals surface area (Å²) in [6.07, 6.45) is 3.21. The second kappa shape index (κ2) is 3.69. The van der Waals surface area contributed by atoms with Crippen molar-refractivity contribution in [2.75, 3.05) is 6.61 Å². The molecule has 98 valence electrons. The second-order valence-electron chi connectivity index (χ2n) is 6.52. The van der Waals surface area contributed by atoms with E-state index in [2.05, 4.69) is 20.8 Å². The fourth-order valence-corrected chi connectivity index (χ4v) is 4.43. The highest BCUT2D eigenvalue weighted by Crippen LogP contribution is 2.62. The topological polar surface area (TPSA) is 43.4 Å². The summed E-state index contributed by atoms with van der Waals surface area (Å²) in [5.41, 5.74) is 1.85. The summed E-state index contributed by atoms with van der Waals surface area (Å²) in [6.45, 7) is 6.93. The third-order valence-corrected chi connectivity index (χ3v) is 5.50. The van der Waals surface area contributed by atoms with Crippen LogP contribution in [0.4, 0.5) is 0 Å². The van der Waals surface area contributed by atoms with Crippen LogP contribution in [0, 0.1) is 29.1 Å². The molecule has 3 aliphatic rings. The Hall–Kier alpha value is -1.12. The molecule has 0 amide bonds. The van der Waals surface area contributed by atoms with Crippen molar-refractivity contribution in [1.29, 1.82) is 0 Å². The number of esters is 1. The van der Waals surface area contributed by atoms with E-state index in [1.54, 1.807) is 0 Å². The summed E-state index contributed by atoms with van der Waals surface area (Å²) in [7, 11) is 0. The molecule has 0 spiro atoms. The Kier molecular flexibility index (Phi) is 2.45. The highest BCUT2D eigenvalue weighted by molar-refractivity contribution is 5.95. The molecule has 2 aliphatic carbocycles. The van der Waals surface area contributed by atoms with Gasteiger partial charge in [-0.15, -0.1) is 0 Å². The zero-order valence-corrected chi connectivity index (χ0v) is 11.2. The van der Waals surface area contributed by atoms with Crippen molar-refractivity contribution < 1.29 is 14.3 Å². The van der Waals surface area contributed by atoms with Gasteiger partial charge in [-0.1, -0.05) is 20.8 Å². The largest absolute Gasteiger partial charge is 0.458 e. The van der Waals surface area contributed by atoms with E-state index >= 15 is 0 Å². The minimum Gasteiger partial charge on any atom is -0.458 e. The Labute approximate surface area is 108 Å². The average molecular weight is 248 g/mol. The summed E-state index contributed by atoms with van der Waals surface area (Å²) < 4.78 is 5.21. The molecule has 3 heteroatoms. The van der Waals surface area contributed by atoms with Crippen LogP contribution in [0.25, 0.3) is 0 Å². The summed E-state index contributed by atoms with van der Waals surface area (Å²) in [4.78, 5) is 23.5. The van der Waals surface area contributed by atoms with Crippen LogP contribution in [-0.2, 0) is 14.3 Å². The zero-order valence-electron chi connectivity index (χ0n) is 11.2. The van der Waals surface area contributed by atoms with E-state index in [9.17, 15) is 9.59 Å². The van der Waals surface area contributed by atoms with Crippen LogP contribution in [0.1, 0.15) is 33.6 Å². The van der Waals surface area contributed by atoms with Crippen LogP contribution in [0.15, 0.2) is 11.1 Å². The Morgan fingerprint density at radius 2 is 2.17 bits per heavy atom. The molecule has 2 bridgehead atoms. The minimum atomic E-state index is -0.168. The molecule has 1 heterocycles. The van der Waals surface area contributed by atoms with E-state index in [-0.39, 0.29) is 23.2 Å². The second-order valence-corrected chi connectivity index (χ2v) is 6.52. The Balaban J connectivity index is 2.12. The number of ether oxygens (including phenoxy) is 1. The van der Waals surface area contributed by atoms with Crippen LogP contribution >= 0.6 is 0 Å². The molecule has 0 radical (unpaired) electrons. The van der Waals surface area contributed by atoms with Crippen LogP contribution in [0.5, 0.6) is 0 Å². The van der Waals surface area contributed by atoms with Gasteiger partial charge in [0, 0.05) is 22.8 Å². The lowest BCUT2D eigenvalue weighted by Crippen LogP contribution is -2.41. The van der Waals surface area contributed by atoms with E-state index in [1.165, 1.54) is 0 Å². The number of fused-ring (bicyclic) bond motifs is 4. The van der Waals surface area contributed by atoms with Crippen molar-refractivity contribution in [3.63, 3.8) is 0 Å². The lowest BCUT2D eigenvalue weighted by molar-refractivity contribution is -0.138. The van der Waals surface area contributed by atoms with E-state index < -0.39 is 0 Å². The van der Waals surface area contributed by atoms with Gasteiger partial charge in [-0.2, -0.15) is 0 Å². The number of carbonyl (C=O) groups is 2. The van der Waals surface area contributed by atoms with E-state index in [1.807, 2.05) is 0 Å². The normalized spacial score (nSPS) is 42.2. The monoisotopic (exact) mass is 248 g/mol. The SMILES string of the molecule is CC(C)[C@H]1CC[C@@]2(C)C3=C(C(=O)OC3)[C@@H]1[C@H]2C=O. The molecule has 0 unspecified atom stereocenters. The highest BCUT2D eigenvalue weighted by atomic mass is 16.5. The van der Waals surface area contributed by atoms with E-state index in [4.69, 9.17) is 4.74 Å². The van der Waals surface area contributed by atoms with Gasteiger partial charge in [0.15, 0.2) is 0 Å². The average Bonchev–Trinajstić information content (AvgIpc) is 2.76. The maximum atomic E-state index is 12.0. The smallest absolute Gasteiger partial charge is 0.334 e. The quantitative estimate of drug-likeness (QED) is 0.556. The fourth-order valence-electron chi connectivity index (χ4n) is 4.43. The number of hydrogen-bond donors (Lipinski definition) is 0. The first-order valence-corrected chi connectivity index (χ1v) is 6.86. The van der Waals surface area contributed by atoms with Gasteiger partial charge in [0.05, 0.1) is 0 Å². The Bertz CT molecular complexity index is 449. The summed E-state index contributed by atoms with van der Waals surface area (Å²) in [5.74, 6) is 0.856. The molecule has 0 saturated heterocycles. The van der Waals surface area contributed by atoms with Gasteiger partial charge in [-0.05, 0) is 30.3 Å². The molecule has 0 N–H and O–H groups in total. The van der Waals surface area contributed by atoms with Gasteiger partial charge in [-0.3, -0.25) is 0 Å². The summed E-state index contributed by atoms with van der Waals surface area (Å²) >= 11 is 0. The van der Waals surface area contributed by atoms with Crippen LogP contribution in [0.3, 0.4) is 0 Å². The predicted molar refractivity (Wildman–Crippen MR) is 66.7 cm³/mol. The third-order valence-electron chi connectivity index (χ3n) is 5.50. The van der Waals surface area contributed by atoms with E-state index in [0.717, 1.165) is 30.3 Å². The number of aldehydes is 1. The van der Waals surface area contributed by atoms with Crippen molar-refractivity contribution in [2.24, 2.45) is 29.1 Å². The van der Waals surface area contributed by atoms with Gasteiger partial charge in [0.1, 0.15) is 12.9 Å². The van der Waals surface area contributed by atoms with Crippen molar-refractivity contribution in [3.8, 4) is 0 Å². The first kappa shape index (κ1) is 11.9. The predicted octanol–water partition coefficient (Wildman–Crippen LogP) is 2.36. The molecule has 0 aromatic rings. The minimum absolute atomic E-state index is 0.0171. The lowest BCUT2D eigenvalue weighted by atomic mass is 9.60. The zero-order chi connectivity index (χ0) is 13.1. The van der Waals surface area contributed by atoms with Gasteiger partial charge < -0.3 is 9.53 Å². The van der Waals surface area contributed by atoms with E-state index in [0.29, 0.717) is 18.4 Å². The lowest BCUT2D eigenvalue weighted by Gasteiger charge is -2.43. The Morgan fingerprint density at radius 1 is 1.44 bits per heavy atom. The van der Waals surface area contributed by atoms with Crippen molar-refractivity contribution in [3.05, 3.63) is 11.1 Å². The first-order chi connectivity index (χ1) is 8.50. The van der Waals surface area contributed by atoms with Gasteiger partial charge in [0.25, 0.3) is 0 Å². The van der Waals surface area contributed by atoms with Crippen molar-refractivity contribution >= 4 is 12.3 Å². The summed E-state index contributed by atoms with van der Waals surface area (Å²) in [6, 6.07) is 0. The number of rotatable bonds is 2. The molecular formula is C15H20O3. The summed E-state index contributed by atoms with van der Waals surface area (Å²) in [5, 5.41) is 0. The van der Waals surface area contributed by atoms with Crippen molar-refractivity contribution in [1.82, 2.24) is 0 Å². The van der Waals surface area contributed by atoms with Crippen molar-refractivity contribution in [2.45, 2.75) is 33.6 Å². The molecule has 1 aliphatic heterocycles. The van der Waals surface area contributed by atoms with Gasteiger partial charge >= 0.3 is 5.97 Å². The van der Waals surface area contributed by atoms with Gasteiger partial charge in [0.2, 0.25) is 0 Å². The highest BCUT2D eigenvalue weighted by Gasteiger charge is 2.60. The maximum absolute atomic E-state index is 12.0. The third kappa shape index (κ3) is 1.25. The molecule has 3 nitrogen and oxygen atoms in total. The number of carbonyl (C=O) groups excluding carboxylic acids is 2. The van der Waals surface area contributed by atoms with Crippen LogP contribution < -0.4 is 0 Å². The fraction of sp³-hybridized carbons (Fsp3) is 0.733. The molecule has 3 rings (SSSR count). The molecule has 1 saturated carbocycles. The molecule has 1 fully saturated rings. The van der Waals surface area contributed by atoms with Crippen LogP contribution in [-0.4, -0.2) is 18.9 Å². The van der Waals surface area contributed by atoms with Crippen LogP contribution in [0.2, 0.25) is 0 Å². The standard InChI is InChI=1S/C15H20O3/c1-8(2)9-4-5-15(3)10(6-16)12(9)13-11(15)7-18-14(13)17/h6,8-10,12H,4-5,7H2,1-3H3/t9-,10-,12+,15-/m1/s1. The number of cyclic esters (lactones) is 1. The molecule has 4 atom stereocenters. The molecular weight excluding hydrogens is 228 g/mol. The molecule has 0 aromatic heterocycles. The maximum Gasteiger partial charge on any atom is 0.334 e.